The SMILES string of the molecule is COc1ccccc1-c1[c]nc2ccccc2c1. The number of rotatable bonds is 2. The normalized spacial score (nSPS) is 10.5. The fourth-order valence-electron chi connectivity index (χ4n) is 2.02. The molecule has 2 nitrogen and oxygen atoms in total. The second kappa shape index (κ2) is 4.49. The summed E-state index contributed by atoms with van der Waals surface area (Å²) in [6.07, 6.45) is 3.07. The molecule has 3 rings (SSSR count). The van der Waals surface area contributed by atoms with Crippen molar-refractivity contribution in [3.8, 4) is 16.9 Å². The van der Waals surface area contributed by atoms with Crippen LogP contribution in [0.25, 0.3) is 22.0 Å². The van der Waals surface area contributed by atoms with Gasteiger partial charge in [0.15, 0.2) is 0 Å². The Kier molecular flexibility index (Phi) is 2.69. The Morgan fingerprint density at radius 3 is 2.67 bits per heavy atom. The molecule has 0 atom stereocenters. The summed E-state index contributed by atoms with van der Waals surface area (Å²) in [5.74, 6) is 0.839. The molecule has 0 amide bonds. The van der Waals surface area contributed by atoms with Crippen LogP contribution in [0.1, 0.15) is 0 Å². The van der Waals surface area contributed by atoms with E-state index in [1.54, 1.807) is 7.11 Å². The van der Waals surface area contributed by atoms with Gasteiger partial charge in [-0.3, -0.25) is 0 Å². The fraction of sp³-hybridized carbons (Fsp3) is 0.0625. The first-order valence-electron chi connectivity index (χ1n) is 5.79. The van der Waals surface area contributed by atoms with Crippen LogP contribution >= 0.6 is 0 Å². The lowest BCUT2D eigenvalue weighted by Crippen LogP contribution is -1.89. The molecule has 1 heterocycles. The zero-order valence-electron chi connectivity index (χ0n) is 10.1. The lowest BCUT2D eigenvalue weighted by Gasteiger charge is -2.08. The summed E-state index contributed by atoms with van der Waals surface area (Å²) < 4.78 is 5.36. The van der Waals surface area contributed by atoms with Crippen LogP contribution in [-0.4, -0.2) is 12.1 Å². The van der Waals surface area contributed by atoms with E-state index in [0.29, 0.717) is 0 Å². The quantitative estimate of drug-likeness (QED) is 0.674. The van der Waals surface area contributed by atoms with Crippen molar-refractivity contribution in [2.24, 2.45) is 0 Å². The van der Waals surface area contributed by atoms with Gasteiger partial charge in [-0.15, -0.1) is 0 Å². The average Bonchev–Trinajstić information content (AvgIpc) is 2.46. The van der Waals surface area contributed by atoms with Gasteiger partial charge in [0.1, 0.15) is 5.75 Å². The van der Waals surface area contributed by atoms with E-state index in [4.69, 9.17) is 4.74 Å². The molecule has 0 fully saturated rings. The van der Waals surface area contributed by atoms with Crippen molar-refractivity contribution in [2.45, 2.75) is 0 Å². The minimum atomic E-state index is 0.839. The highest BCUT2D eigenvalue weighted by molar-refractivity contribution is 5.84. The van der Waals surface area contributed by atoms with Gasteiger partial charge in [-0.2, -0.15) is 0 Å². The van der Waals surface area contributed by atoms with Crippen LogP contribution in [0.15, 0.2) is 54.6 Å². The molecule has 0 spiro atoms. The Bertz CT molecular complexity index is 691. The van der Waals surface area contributed by atoms with E-state index < -0.39 is 0 Å². The van der Waals surface area contributed by atoms with E-state index in [0.717, 1.165) is 27.8 Å². The molecule has 3 aromatic rings. The average molecular weight is 234 g/mol. The van der Waals surface area contributed by atoms with Gasteiger partial charge in [0, 0.05) is 16.5 Å². The molecule has 0 N–H and O–H groups in total. The molecule has 0 aliphatic rings. The molecule has 0 saturated carbocycles. The molecule has 0 saturated heterocycles. The maximum atomic E-state index is 5.36. The van der Waals surface area contributed by atoms with Crippen LogP contribution in [0, 0.1) is 6.20 Å². The summed E-state index contributed by atoms with van der Waals surface area (Å²) in [4.78, 5) is 4.35. The Labute approximate surface area is 106 Å². The topological polar surface area (TPSA) is 22.1 Å². The summed E-state index contributed by atoms with van der Waals surface area (Å²) >= 11 is 0. The molecule has 1 radical (unpaired) electrons. The maximum Gasteiger partial charge on any atom is 0.126 e. The molecule has 2 heteroatoms. The Morgan fingerprint density at radius 1 is 1.00 bits per heavy atom. The highest BCUT2D eigenvalue weighted by atomic mass is 16.5. The van der Waals surface area contributed by atoms with E-state index in [-0.39, 0.29) is 0 Å². The van der Waals surface area contributed by atoms with Crippen LogP contribution in [-0.2, 0) is 0 Å². The molecule has 2 aromatic carbocycles. The third-order valence-corrected chi connectivity index (χ3v) is 2.93. The van der Waals surface area contributed by atoms with Crippen molar-refractivity contribution in [2.75, 3.05) is 7.11 Å². The number of benzene rings is 2. The van der Waals surface area contributed by atoms with E-state index in [9.17, 15) is 0 Å². The van der Waals surface area contributed by atoms with E-state index in [1.165, 1.54) is 0 Å². The third-order valence-electron chi connectivity index (χ3n) is 2.93. The number of nitrogens with zero attached hydrogens (tertiary/aromatic N) is 1. The first kappa shape index (κ1) is 10.8. The zero-order valence-corrected chi connectivity index (χ0v) is 10.1. The van der Waals surface area contributed by atoms with Gasteiger partial charge in [-0.05, 0) is 18.2 Å². The van der Waals surface area contributed by atoms with Crippen molar-refractivity contribution in [3.63, 3.8) is 0 Å². The summed E-state index contributed by atoms with van der Waals surface area (Å²) in [5.41, 5.74) is 2.92. The summed E-state index contributed by atoms with van der Waals surface area (Å²) in [5, 5.41) is 1.11. The number of ether oxygens (including phenoxy) is 1. The second-order valence-corrected chi connectivity index (χ2v) is 4.04. The molecule has 0 aliphatic heterocycles. The Hall–Kier alpha value is -2.35. The minimum Gasteiger partial charge on any atom is -0.496 e. The molecule has 1 aromatic heterocycles. The largest absolute Gasteiger partial charge is 0.496 e. The van der Waals surface area contributed by atoms with E-state index in [2.05, 4.69) is 23.3 Å². The highest BCUT2D eigenvalue weighted by Crippen LogP contribution is 2.30. The molecular weight excluding hydrogens is 222 g/mol. The smallest absolute Gasteiger partial charge is 0.126 e. The van der Waals surface area contributed by atoms with Gasteiger partial charge >= 0.3 is 0 Å². The third kappa shape index (κ3) is 1.82. The first-order valence-corrected chi connectivity index (χ1v) is 5.79. The fourth-order valence-corrected chi connectivity index (χ4v) is 2.02. The molecule has 0 bridgehead atoms. The summed E-state index contributed by atoms with van der Waals surface area (Å²) in [6.45, 7) is 0. The van der Waals surface area contributed by atoms with Crippen molar-refractivity contribution in [1.29, 1.82) is 0 Å². The van der Waals surface area contributed by atoms with Gasteiger partial charge in [0.05, 0.1) is 18.8 Å². The lowest BCUT2D eigenvalue weighted by atomic mass is 10.0. The van der Waals surface area contributed by atoms with Crippen LogP contribution in [0.2, 0.25) is 0 Å². The minimum absolute atomic E-state index is 0.839. The van der Waals surface area contributed by atoms with Crippen molar-refractivity contribution in [1.82, 2.24) is 4.98 Å². The standard InChI is InChI=1S/C16H12NO/c1-18-16-9-5-3-7-14(16)13-10-12-6-2-4-8-15(12)17-11-13/h2-10H,1H3. The molecule has 0 unspecified atom stereocenters. The van der Waals surface area contributed by atoms with E-state index in [1.807, 2.05) is 42.5 Å². The van der Waals surface area contributed by atoms with Gasteiger partial charge in [-0.1, -0.05) is 36.4 Å². The Balaban J connectivity index is 2.19. The van der Waals surface area contributed by atoms with Crippen LogP contribution in [0.5, 0.6) is 5.75 Å². The van der Waals surface area contributed by atoms with Crippen molar-refractivity contribution < 1.29 is 4.74 Å². The lowest BCUT2D eigenvalue weighted by molar-refractivity contribution is 0.416. The monoisotopic (exact) mass is 234 g/mol. The van der Waals surface area contributed by atoms with Crippen LogP contribution in [0.4, 0.5) is 0 Å². The number of pyridine rings is 1. The predicted octanol–water partition coefficient (Wildman–Crippen LogP) is 3.71. The Morgan fingerprint density at radius 2 is 1.78 bits per heavy atom. The molecule has 18 heavy (non-hydrogen) atoms. The zero-order chi connectivity index (χ0) is 12.4. The summed E-state index contributed by atoms with van der Waals surface area (Å²) in [7, 11) is 1.67. The van der Waals surface area contributed by atoms with E-state index >= 15 is 0 Å². The number of fused-ring (bicyclic) bond motifs is 1. The van der Waals surface area contributed by atoms with Gasteiger partial charge in [-0.25, -0.2) is 4.98 Å². The van der Waals surface area contributed by atoms with Gasteiger partial charge in [0.2, 0.25) is 0 Å². The maximum absolute atomic E-state index is 5.36. The molecule has 0 aliphatic carbocycles. The number of hydrogen-bond donors (Lipinski definition) is 0. The predicted molar refractivity (Wildman–Crippen MR) is 72.6 cm³/mol. The highest BCUT2D eigenvalue weighted by Gasteiger charge is 2.06. The first-order chi connectivity index (χ1) is 8.88. The molecular formula is C16H12NO. The summed E-state index contributed by atoms with van der Waals surface area (Å²) in [6, 6.07) is 18.0. The number of para-hydroxylation sites is 2. The van der Waals surface area contributed by atoms with Gasteiger partial charge < -0.3 is 4.74 Å². The number of aromatic nitrogens is 1. The number of hydrogen-bond acceptors (Lipinski definition) is 2. The number of methoxy groups -OCH3 is 1. The van der Waals surface area contributed by atoms with Crippen molar-refractivity contribution in [3.05, 3.63) is 60.8 Å². The van der Waals surface area contributed by atoms with Crippen molar-refractivity contribution >= 4 is 10.9 Å². The molecule has 87 valence electrons. The van der Waals surface area contributed by atoms with Gasteiger partial charge in [0.25, 0.3) is 0 Å². The second-order valence-electron chi connectivity index (χ2n) is 4.04. The van der Waals surface area contributed by atoms with Crippen LogP contribution in [0.3, 0.4) is 0 Å². The van der Waals surface area contributed by atoms with Crippen LogP contribution < -0.4 is 4.74 Å².